The Kier molecular flexibility index (Phi) is 6.40. The van der Waals surface area contributed by atoms with Crippen molar-refractivity contribution >= 4 is 11.9 Å². The van der Waals surface area contributed by atoms with Crippen LogP contribution < -0.4 is 10.6 Å². The monoisotopic (exact) mass is 304 g/mol. The summed E-state index contributed by atoms with van der Waals surface area (Å²) in [6.07, 6.45) is 3.49. The zero-order chi connectivity index (χ0) is 15.8. The van der Waals surface area contributed by atoms with Gasteiger partial charge in [0.1, 0.15) is 0 Å². The van der Waals surface area contributed by atoms with E-state index in [9.17, 15) is 9.59 Å². The Morgan fingerprint density at radius 2 is 2.14 bits per heavy atom. The summed E-state index contributed by atoms with van der Waals surface area (Å²) in [6.45, 7) is 0.988. The molecule has 0 bridgehead atoms. The lowest BCUT2D eigenvalue weighted by Gasteiger charge is -2.20. The van der Waals surface area contributed by atoms with Crippen LogP contribution >= 0.6 is 0 Å². The second-order valence-electron chi connectivity index (χ2n) is 5.64. The number of carbonyl (C=O) groups is 2. The summed E-state index contributed by atoms with van der Waals surface area (Å²) in [5.41, 5.74) is 1.01. The SMILES string of the molecule is COC(=O)CCC(NC(=O)CC1CCCN1)c1ccccc1. The fraction of sp³-hybridized carbons (Fsp3) is 0.529. The molecule has 120 valence electrons. The van der Waals surface area contributed by atoms with Crippen LogP contribution in [0, 0.1) is 0 Å². The van der Waals surface area contributed by atoms with Crippen molar-refractivity contribution in [2.24, 2.45) is 0 Å². The number of amides is 1. The van der Waals surface area contributed by atoms with Crippen molar-refractivity contribution in [2.45, 2.75) is 44.2 Å². The molecule has 1 aliphatic rings. The Morgan fingerprint density at radius 1 is 1.36 bits per heavy atom. The van der Waals surface area contributed by atoms with E-state index in [4.69, 9.17) is 0 Å². The summed E-state index contributed by atoms with van der Waals surface area (Å²) < 4.78 is 4.69. The molecule has 1 aliphatic heterocycles. The van der Waals surface area contributed by atoms with E-state index in [0.29, 0.717) is 12.8 Å². The van der Waals surface area contributed by atoms with E-state index in [1.165, 1.54) is 7.11 Å². The van der Waals surface area contributed by atoms with E-state index in [1.54, 1.807) is 0 Å². The average molecular weight is 304 g/mol. The van der Waals surface area contributed by atoms with Gasteiger partial charge in [0.05, 0.1) is 13.2 Å². The van der Waals surface area contributed by atoms with Crippen LogP contribution in [0.3, 0.4) is 0 Å². The molecule has 5 heteroatoms. The molecule has 2 rings (SSSR count). The molecule has 0 radical (unpaired) electrons. The van der Waals surface area contributed by atoms with E-state index < -0.39 is 0 Å². The van der Waals surface area contributed by atoms with Crippen molar-refractivity contribution in [3.8, 4) is 0 Å². The predicted molar refractivity (Wildman–Crippen MR) is 84.2 cm³/mol. The Hall–Kier alpha value is -1.88. The number of methoxy groups -OCH3 is 1. The number of ether oxygens (including phenoxy) is 1. The number of carbonyl (C=O) groups excluding carboxylic acids is 2. The number of hydrogen-bond acceptors (Lipinski definition) is 4. The molecular formula is C17H24N2O3. The molecule has 22 heavy (non-hydrogen) atoms. The molecule has 1 fully saturated rings. The number of hydrogen-bond donors (Lipinski definition) is 2. The third kappa shape index (κ3) is 5.15. The smallest absolute Gasteiger partial charge is 0.305 e. The minimum Gasteiger partial charge on any atom is -0.469 e. The van der Waals surface area contributed by atoms with Gasteiger partial charge in [0.15, 0.2) is 0 Å². The van der Waals surface area contributed by atoms with Crippen molar-refractivity contribution in [3.63, 3.8) is 0 Å². The van der Waals surface area contributed by atoms with Crippen molar-refractivity contribution in [1.29, 1.82) is 0 Å². The highest BCUT2D eigenvalue weighted by atomic mass is 16.5. The van der Waals surface area contributed by atoms with E-state index in [1.807, 2.05) is 30.3 Å². The highest BCUT2D eigenvalue weighted by Gasteiger charge is 2.21. The van der Waals surface area contributed by atoms with E-state index in [0.717, 1.165) is 24.9 Å². The van der Waals surface area contributed by atoms with Gasteiger partial charge in [0.2, 0.25) is 5.91 Å². The molecule has 0 aromatic heterocycles. The quantitative estimate of drug-likeness (QED) is 0.756. The summed E-state index contributed by atoms with van der Waals surface area (Å²) in [7, 11) is 1.38. The Morgan fingerprint density at radius 3 is 2.77 bits per heavy atom. The average Bonchev–Trinajstić information content (AvgIpc) is 3.04. The lowest BCUT2D eigenvalue weighted by Crippen LogP contribution is -2.34. The summed E-state index contributed by atoms with van der Waals surface area (Å²) in [6, 6.07) is 9.86. The summed E-state index contributed by atoms with van der Waals surface area (Å²) in [4.78, 5) is 23.6. The molecule has 1 aromatic rings. The highest BCUT2D eigenvalue weighted by Crippen LogP contribution is 2.19. The lowest BCUT2D eigenvalue weighted by atomic mass is 10.0. The van der Waals surface area contributed by atoms with Crippen LogP contribution in [0.2, 0.25) is 0 Å². The molecule has 0 saturated carbocycles. The normalized spacial score (nSPS) is 18.7. The Bertz CT molecular complexity index is 484. The maximum Gasteiger partial charge on any atom is 0.305 e. The van der Waals surface area contributed by atoms with Gasteiger partial charge in [0, 0.05) is 18.9 Å². The Balaban J connectivity index is 1.94. The van der Waals surface area contributed by atoms with Crippen LogP contribution in [0.5, 0.6) is 0 Å². The lowest BCUT2D eigenvalue weighted by molar-refractivity contribution is -0.141. The fourth-order valence-corrected chi connectivity index (χ4v) is 2.78. The predicted octanol–water partition coefficient (Wildman–Crippen LogP) is 1.94. The number of nitrogens with one attached hydrogen (secondary N) is 2. The van der Waals surface area contributed by atoms with E-state index in [2.05, 4.69) is 15.4 Å². The summed E-state index contributed by atoms with van der Waals surface area (Å²) in [5.74, 6) is -0.231. The Labute approximate surface area is 131 Å². The molecule has 0 aliphatic carbocycles. The van der Waals surface area contributed by atoms with E-state index >= 15 is 0 Å². The third-order valence-corrected chi connectivity index (χ3v) is 4.00. The van der Waals surface area contributed by atoms with Gasteiger partial charge in [-0.05, 0) is 31.4 Å². The molecule has 1 amide bonds. The van der Waals surface area contributed by atoms with Gasteiger partial charge in [-0.25, -0.2) is 0 Å². The molecule has 5 nitrogen and oxygen atoms in total. The number of esters is 1. The first-order valence-corrected chi connectivity index (χ1v) is 7.83. The molecule has 2 unspecified atom stereocenters. The zero-order valence-corrected chi connectivity index (χ0v) is 13.0. The van der Waals surface area contributed by atoms with Gasteiger partial charge >= 0.3 is 5.97 Å². The highest BCUT2D eigenvalue weighted by molar-refractivity contribution is 5.77. The summed E-state index contributed by atoms with van der Waals surface area (Å²) in [5, 5.41) is 6.38. The largest absolute Gasteiger partial charge is 0.469 e. The topological polar surface area (TPSA) is 67.4 Å². The fourth-order valence-electron chi connectivity index (χ4n) is 2.78. The second-order valence-corrected chi connectivity index (χ2v) is 5.64. The number of rotatable bonds is 7. The first-order chi connectivity index (χ1) is 10.7. The molecule has 2 atom stereocenters. The van der Waals surface area contributed by atoms with Gasteiger partial charge in [-0.3, -0.25) is 9.59 Å². The second kappa shape index (κ2) is 8.54. The van der Waals surface area contributed by atoms with Gasteiger partial charge in [-0.2, -0.15) is 0 Å². The van der Waals surface area contributed by atoms with Gasteiger partial charge in [0.25, 0.3) is 0 Å². The minimum atomic E-state index is -0.257. The van der Waals surface area contributed by atoms with Crippen molar-refractivity contribution in [1.82, 2.24) is 10.6 Å². The van der Waals surface area contributed by atoms with E-state index in [-0.39, 0.29) is 30.4 Å². The molecule has 0 spiro atoms. The first kappa shape index (κ1) is 16.5. The van der Waals surface area contributed by atoms with Crippen LogP contribution in [0.25, 0.3) is 0 Å². The molecule has 1 aromatic carbocycles. The third-order valence-electron chi connectivity index (χ3n) is 4.00. The van der Waals surface area contributed by atoms with Crippen molar-refractivity contribution in [3.05, 3.63) is 35.9 Å². The van der Waals surface area contributed by atoms with Crippen molar-refractivity contribution in [2.75, 3.05) is 13.7 Å². The van der Waals surface area contributed by atoms with Gasteiger partial charge < -0.3 is 15.4 Å². The zero-order valence-electron chi connectivity index (χ0n) is 13.0. The van der Waals surface area contributed by atoms with Crippen LogP contribution in [-0.2, 0) is 14.3 Å². The maximum atomic E-state index is 12.2. The minimum absolute atomic E-state index is 0.0260. The first-order valence-electron chi connectivity index (χ1n) is 7.83. The summed E-state index contributed by atoms with van der Waals surface area (Å²) >= 11 is 0. The van der Waals surface area contributed by atoms with Crippen molar-refractivity contribution < 1.29 is 14.3 Å². The van der Waals surface area contributed by atoms with Gasteiger partial charge in [-0.1, -0.05) is 30.3 Å². The molecule has 1 heterocycles. The van der Waals surface area contributed by atoms with Crippen LogP contribution in [-0.4, -0.2) is 31.6 Å². The number of benzene rings is 1. The standard InChI is InChI=1S/C17H24N2O3/c1-22-17(21)10-9-15(13-6-3-2-4-7-13)19-16(20)12-14-8-5-11-18-14/h2-4,6-7,14-15,18H,5,8-12H2,1H3,(H,19,20). The molecule has 1 saturated heterocycles. The van der Waals surface area contributed by atoms with Crippen LogP contribution in [0.15, 0.2) is 30.3 Å². The van der Waals surface area contributed by atoms with Gasteiger partial charge in [-0.15, -0.1) is 0 Å². The molecular weight excluding hydrogens is 280 g/mol. The maximum absolute atomic E-state index is 12.2. The van der Waals surface area contributed by atoms with Crippen LogP contribution in [0.4, 0.5) is 0 Å². The molecule has 2 N–H and O–H groups in total. The van der Waals surface area contributed by atoms with Crippen LogP contribution in [0.1, 0.15) is 43.7 Å².